The average molecular weight is 387 g/mol. The van der Waals surface area contributed by atoms with E-state index in [4.69, 9.17) is 4.74 Å². The third-order valence-corrected chi connectivity index (χ3v) is 4.27. The maximum Gasteiger partial charge on any atom is 0.573 e. The number of rotatable bonds is 5. The van der Waals surface area contributed by atoms with E-state index in [1.54, 1.807) is 11.7 Å². The molecule has 0 aliphatic carbocycles. The van der Waals surface area contributed by atoms with Crippen LogP contribution >= 0.6 is 0 Å². The van der Waals surface area contributed by atoms with Gasteiger partial charge in [0.15, 0.2) is 0 Å². The molecule has 0 bridgehead atoms. The smallest absolute Gasteiger partial charge is 0.487 e. The van der Waals surface area contributed by atoms with Crippen LogP contribution in [0.5, 0.6) is 11.5 Å². The molecule has 0 atom stereocenters. The topological polar surface area (TPSA) is 52.1 Å². The third kappa shape index (κ3) is 3.95. The van der Waals surface area contributed by atoms with Gasteiger partial charge in [-0.25, -0.2) is 0 Å². The van der Waals surface area contributed by atoms with Crippen LogP contribution in [0.4, 0.5) is 13.2 Å². The van der Waals surface area contributed by atoms with Crippen LogP contribution in [0.2, 0.25) is 0 Å². The SMILES string of the molecule is Cn1nc(-c2ccc(OC(F)(F)F)cc2)cc1COc1ccc2cc[nH]c2c1. The molecule has 4 rings (SSSR count). The molecule has 0 saturated heterocycles. The molecule has 2 aromatic heterocycles. The number of benzene rings is 2. The van der Waals surface area contributed by atoms with Crippen molar-refractivity contribution in [3.05, 3.63) is 66.5 Å². The zero-order chi connectivity index (χ0) is 19.7. The highest BCUT2D eigenvalue weighted by Gasteiger charge is 2.31. The second-order valence-corrected chi connectivity index (χ2v) is 6.23. The van der Waals surface area contributed by atoms with Gasteiger partial charge in [0.05, 0.1) is 11.4 Å². The Hall–Kier alpha value is -3.42. The summed E-state index contributed by atoms with van der Waals surface area (Å²) in [6.07, 6.45) is -2.84. The molecule has 4 aromatic rings. The quantitative estimate of drug-likeness (QED) is 0.522. The first kappa shape index (κ1) is 18.0. The van der Waals surface area contributed by atoms with E-state index < -0.39 is 6.36 Å². The molecule has 28 heavy (non-hydrogen) atoms. The Morgan fingerprint density at radius 1 is 1.00 bits per heavy atom. The predicted molar refractivity (Wildman–Crippen MR) is 98.0 cm³/mol. The summed E-state index contributed by atoms with van der Waals surface area (Å²) in [5.74, 6) is 0.460. The van der Waals surface area contributed by atoms with E-state index in [1.165, 1.54) is 24.3 Å². The van der Waals surface area contributed by atoms with Crippen LogP contribution < -0.4 is 9.47 Å². The number of alkyl halides is 3. The highest BCUT2D eigenvalue weighted by atomic mass is 19.4. The molecule has 0 radical (unpaired) electrons. The fourth-order valence-electron chi connectivity index (χ4n) is 2.88. The zero-order valence-corrected chi connectivity index (χ0v) is 14.8. The number of aromatic nitrogens is 3. The lowest BCUT2D eigenvalue weighted by Crippen LogP contribution is -2.16. The highest BCUT2D eigenvalue weighted by Crippen LogP contribution is 2.27. The summed E-state index contributed by atoms with van der Waals surface area (Å²) in [5.41, 5.74) is 3.14. The van der Waals surface area contributed by atoms with Gasteiger partial charge in [-0.15, -0.1) is 13.2 Å². The number of aromatic amines is 1. The Labute approximate surface area is 158 Å². The lowest BCUT2D eigenvalue weighted by atomic mass is 10.1. The lowest BCUT2D eigenvalue weighted by molar-refractivity contribution is -0.274. The van der Waals surface area contributed by atoms with E-state index in [2.05, 4.69) is 14.8 Å². The molecule has 2 aromatic carbocycles. The van der Waals surface area contributed by atoms with Crippen molar-refractivity contribution in [2.45, 2.75) is 13.0 Å². The Balaban J connectivity index is 1.47. The number of fused-ring (bicyclic) bond motifs is 1. The zero-order valence-electron chi connectivity index (χ0n) is 14.8. The third-order valence-electron chi connectivity index (χ3n) is 4.27. The van der Waals surface area contributed by atoms with Gasteiger partial charge in [-0.05, 0) is 53.9 Å². The van der Waals surface area contributed by atoms with Gasteiger partial charge in [0, 0.05) is 30.4 Å². The van der Waals surface area contributed by atoms with Crippen molar-refractivity contribution < 1.29 is 22.6 Å². The predicted octanol–water partition coefficient (Wildman–Crippen LogP) is 5.05. The molecule has 0 fully saturated rings. The minimum absolute atomic E-state index is 0.268. The number of aryl methyl sites for hydroxylation is 1. The molecule has 0 aliphatic heterocycles. The second kappa shape index (κ2) is 6.95. The number of nitrogens with one attached hydrogen (secondary N) is 1. The van der Waals surface area contributed by atoms with Gasteiger partial charge in [-0.1, -0.05) is 0 Å². The van der Waals surface area contributed by atoms with E-state index in [9.17, 15) is 13.2 Å². The fourth-order valence-corrected chi connectivity index (χ4v) is 2.88. The van der Waals surface area contributed by atoms with Crippen LogP contribution in [-0.2, 0) is 13.7 Å². The van der Waals surface area contributed by atoms with E-state index in [0.717, 1.165) is 22.3 Å². The van der Waals surface area contributed by atoms with Crippen molar-refractivity contribution in [3.8, 4) is 22.8 Å². The summed E-state index contributed by atoms with van der Waals surface area (Å²) in [6, 6.07) is 15.2. The minimum Gasteiger partial charge on any atom is -0.487 e. The van der Waals surface area contributed by atoms with Crippen molar-refractivity contribution in [1.29, 1.82) is 0 Å². The van der Waals surface area contributed by atoms with E-state index in [-0.39, 0.29) is 5.75 Å². The first-order valence-electron chi connectivity index (χ1n) is 8.46. The summed E-state index contributed by atoms with van der Waals surface area (Å²) in [6.45, 7) is 0.310. The van der Waals surface area contributed by atoms with Crippen LogP contribution in [-0.4, -0.2) is 21.1 Å². The van der Waals surface area contributed by atoms with Crippen LogP contribution in [0.3, 0.4) is 0 Å². The molecule has 0 amide bonds. The second-order valence-electron chi connectivity index (χ2n) is 6.23. The molecular weight excluding hydrogens is 371 g/mol. The van der Waals surface area contributed by atoms with Crippen LogP contribution in [0.25, 0.3) is 22.2 Å². The Morgan fingerprint density at radius 2 is 1.75 bits per heavy atom. The number of H-pyrrole nitrogens is 1. The largest absolute Gasteiger partial charge is 0.573 e. The van der Waals surface area contributed by atoms with Gasteiger partial charge >= 0.3 is 6.36 Å². The Kier molecular flexibility index (Phi) is 4.46. The number of halogens is 3. The van der Waals surface area contributed by atoms with Crippen LogP contribution in [0.1, 0.15) is 5.69 Å². The molecule has 144 valence electrons. The van der Waals surface area contributed by atoms with Crippen molar-refractivity contribution in [3.63, 3.8) is 0 Å². The monoisotopic (exact) mass is 387 g/mol. The maximum atomic E-state index is 12.3. The number of hydrogen-bond acceptors (Lipinski definition) is 3. The molecule has 0 unspecified atom stereocenters. The van der Waals surface area contributed by atoms with Crippen molar-refractivity contribution in [1.82, 2.24) is 14.8 Å². The average Bonchev–Trinajstić information content (AvgIpc) is 3.25. The van der Waals surface area contributed by atoms with Crippen molar-refractivity contribution >= 4 is 10.9 Å². The normalized spacial score (nSPS) is 11.7. The summed E-state index contributed by atoms with van der Waals surface area (Å²) in [7, 11) is 1.79. The van der Waals surface area contributed by atoms with Crippen molar-refractivity contribution in [2.24, 2.45) is 7.05 Å². The standard InChI is InChI=1S/C20H16F3N3O2/c1-26-15(12-27-17-7-4-14-8-9-24-18(14)11-17)10-19(25-26)13-2-5-16(6-3-13)28-20(21,22)23/h2-11,24H,12H2,1H3. The van der Waals surface area contributed by atoms with Gasteiger partial charge in [0.1, 0.15) is 18.1 Å². The lowest BCUT2D eigenvalue weighted by Gasteiger charge is -2.08. The summed E-state index contributed by atoms with van der Waals surface area (Å²) < 4.78 is 48.2. The molecule has 1 N–H and O–H groups in total. The van der Waals surface area contributed by atoms with Gasteiger partial charge in [0.2, 0.25) is 0 Å². The number of hydrogen-bond donors (Lipinski definition) is 1. The summed E-state index contributed by atoms with van der Waals surface area (Å²) in [4.78, 5) is 3.14. The molecule has 5 nitrogen and oxygen atoms in total. The maximum absolute atomic E-state index is 12.3. The molecule has 0 spiro atoms. The van der Waals surface area contributed by atoms with E-state index >= 15 is 0 Å². The summed E-state index contributed by atoms with van der Waals surface area (Å²) >= 11 is 0. The van der Waals surface area contributed by atoms with Gasteiger partial charge in [-0.3, -0.25) is 4.68 Å². The van der Waals surface area contributed by atoms with Gasteiger partial charge < -0.3 is 14.5 Å². The number of ether oxygens (including phenoxy) is 2. The molecule has 0 aliphatic rings. The summed E-state index contributed by atoms with van der Waals surface area (Å²) in [5, 5.41) is 5.51. The first-order valence-corrected chi connectivity index (χ1v) is 8.46. The van der Waals surface area contributed by atoms with Crippen LogP contribution in [0.15, 0.2) is 60.8 Å². The molecule has 0 saturated carbocycles. The first-order chi connectivity index (χ1) is 13.4. The highest BCUT2D eigenvalue weighted by molar-refractivity contribution is 5.80. The Bertz CT molecular complexity index is 1100. The minimum atomic E-state index is -4.71. The van der Waals surface area contributed by atoms with E-state index in [1.807, 2.05) is 36.5 Å². The van der Waals surface area contributed by atoms with Crippen LogP contribution in [0, 0.1) is 0 Å². The Morgan fingerprint density at radius 3 is 2.50 bits per heavy atom. The van der Waals surface area contributed by atoms with E-state index in [0.29, 0.717) is 17.9 Å². The van der Waals surface area contributed by atoms with Gasteiger partial charge in [-0.2, -0.15) is 5.10 Å². The number of nitrogens with zero attached hydrogens (tertiary/aromatic N) is 2. The molecular formula is C20H16F3N3O2. The van der Waals surface area contributed by atoms with Gasteiger partial charge in [0.25, 0.3) is 0 Å². The van der Waals surface area contributed by atoms with Crippen molar-refractivity contribution in [2.75, 3.05) is 0 Å². The molecule has 2 heterocycles. The fraction of sp³-hybridized carbons (Fsp3) is 0.150. The molecule has 8 heteroatoms.